The molecule has 0 radical (unpaired) electrons. The fraction of sp³-hybridized carbons (Fsp3) is 0.900. The molecule has 0 heterocycles. The third kappa shape index (κ3) is 8.20. The van der Waals surface area contributed by atoms with Crippen LogP contribution in [0.3, 0.4) is 0 Å². The van der Waals surface area contributed by atoms with Crippen LogP contribution in [-0.2, 0) is 0 Å². The van der Waals surface area contributed by atoms with Crippen LogP contribution in [0, 0.1) is 5.92 Å². The van der Waals surface area contributed by atoms with Crippen molar-refractivity contribution >= 4 is 5.84 Å². The van der Waals surface area contributed by atoms with E-state index in [1.807, 2.05) is 0 Å². The molecule has 0 aromatic heterocycles. The van der Waals surface area contributed by atoms with Gasteiger partial charge in [-0.15, -0.1) is 0 Å². The molecule has 5 heteroatoms. The van der Waals surface area contributed by atoms with Crippen molar-refractivity contribution in [3.8, 4) is 0 Å². The maximum atomic E-state index is 8.85. The van der Waals surface area contributed by atoms with Gasteiger partial charge in [-0.3, -0.25) is 0 Å². The zero-order valence-corrected chi connectivity index (χ0v) is 9.45. The number of nitrogens with zero attached hydrogens (tertiary/aromatic N) is 1. The molecule has 5 nitrogen and oxygen atoms in total. The van der Waals surface area contributed by atoms with Crippen molar-refractivity contribution < 1.29 is 10.3 Å². The number of hydrogen-bond acceptors (Lipinski definition) is 4. The molecule has 15 heavy (non-hydrogen) atoms. The first kappa shape index (κ1) is 14.2. The van der Waals surface area contributed by atoms with Crippen LogP contribution in [-0.4, -0.2) is 35.8 Å². The third-order valence-corrected chi connectivity index (χ3v) is 2.35. The predicted octanol–water partition coefficient (Wildman–Crippen LogP) is 0.511. The van der Waals surface area contributed by atoms with Crippen LogP contribution >= 0.6 is 0 Å². The predicted molar refractivity (Wildman–Crippen MR) is 61.0 cm³/mol. The van der Waals surface area contributed by atoms with E-state index in [0.29, 0.717) is 18.9 Å². The number of rotatable bonds is 9. The van der Waals surface area contributed by atoms with Crippen molar-refractivity contribution in [1.29, 1.82) is 0 Å². The summed E-state index contributed by atoms with van der Waals surface area (Å²) in [5, 5.41) is 23.3. The minimum absolute atomic E-state index is 0.243. The Morgan fingerprint density at radius 1 is 1.47 bits per heavy atom. The summed E-state index contributed by atoms with van der Waals surface area (Å²) in [6.45, 7) is 3.97. The Balaban J connectivity index is 3.52. The fourth-order valence-corrected chi connectivity index (χ4v) is 1.51. The van der Waals surface area contributed by atoms with Crippen LogP contribution in [0.25, 0.3) is 0 Å². The smallest absolute Gasteiger partial charge is 0.140 e. The molecule has 0 aromatic carbocycles. The Hall–Kier alpha value is -0.810. The van der Waals surface area contributed by atoms with Crippen molar-refractivity contribution in [3.05, 3.63) is 0 Å². The zero-order chi connectivity index (χ0) is 11.5. The SMILES string of the molecule is CCCC(CCO)CNCCC(N)=NO. The highest BCUT2D eigenvalue weighted by atomic mass is 16.4. The first-order chi connectivity index (χ1) is 7.24. The minimum Gasteiger partial charge on any atom is -0.409 e. The molecule has 0 saturated carbocycles. The summed E-state index contributed by atoms with van der Waals surface area (Å²) >= 11 is 0. The lowest BCUT2D eigenvalue weighted by Crippen LogP contribution is -2.27. The van der Waals surface area contributed by atoms with Gasteiger partial charge in [-0.2, -0.15) is 0 Å². The number of aliphatic hydroxyl groups is 1. The topological polar surface area (TPSA) is 90.9 Å². The fourth-order valence-electron chi connectivity index (χ4n) is 1.51. The molecule has 0 amide bonds. The first-order valence-electron chi connectivity index (χ1n) is 5.52. The zero-order valence-electron chi connectivity index (χ0n) is 9.45. The van der Waals surface area contributed by atoms with Crippen molar-refractivity contribution in [2.45, 2.75) is 32.6 Å². The van der Waals surface area contributed by atoms with Crippen LogP contribution in [0.2, 0.25) is 0 Å². The molecular weight excluding hydrogens is 194 g/mol. The monoisotopic (exact) mass is 217 g/mol. The third-order valence-electron chi connectivity index (χ3n) is 2.35. The van der Waals surface area contributed by atoms with Gasteiger partial charge in [-0.05, 0) is 25.3 Å². The second-order valence-corrected chi connectivity index (χ2v) is 3.71. The summed E-state index contributed by atoms with van der Waals surface area (Å²) in [6.07, 6.45) is 3.64. The van der Waals surface area contributed by atoms with Crippen LogP contribution in [0.5, 0.6) is 0 Å². The maximum Gasteiger partial charge on any atom is 0.140 e. The quantitative estimate of drug-likeness (QED) is 0.149. The largest absolute Gasteiger partial charge is 0.409 e. The molecule has 1 unspecified atom stereocenters. The van der Waals surface area contributed by atoms with Gasteiger partial charge >= 0.3 is 0 Å². The van der Waals surface area contributed by atoms with Crippen molar-refractivity contribution in [3.63, 3.8) is 0 Å². The van der Waals surface area contributed by atoms with Crippen molar-refractivity contribution in [1.82, 2.24) is 5.32 Å². The maximum absolute atomic E-state index is 8.85. The Bertz CT molecular complexity index is 168. The molecule has 0 aromatic rings. The number of nitrogens with one attached hydrogen (secondary N) is 1. The van der Waals surface area contributed by atoms with E-state index in [4.69, 9.17) is 16.0 Å². The number of amidine groups is 1. The second kappa shape index (κ2) is 9.73. The molecule has 0 aliphatic heterocycles. The molecule has 1 atom stereocenters. The van der Waals surface area contributed by atoms with Crippen LogP contribution in [0.4, 0.5) is 0 Å². The summed E-state index contributed by atoms with van der Waals surface area (Å²) in [7, 11) is 0. The highest BCUT2D eigenvalue weighted by molar-refractivity contribution is 5.79. The van der Waals surface area contributed by atoms with Gasteiger partial charge in [0.15, 0.2) is 0 Å². The number of nitrogens with two attached hydrogens (primary N) is 1. The summed E-state index contributed by atoms with van der Waals surface area (Å²) in [5.41, 5.74) is 5.33. The van der Waals surface area contributed by atoms with E-state index in [1.54, 1.807) is 0 Å². The molecule has 5 N–H and O–H groups in total. The van der Waals surface area contributed by atoms with Crippen molar-refractivity contribution in [2.75, 3.05) is 19.7 Å². The molecule has 0 spiro atoms. The number of hydrogen-bond donors (Lipinski definition) is 4. The van der Waals surface area contributed by atoms with Crippen LogP contribution in [0.15, 0.2) is 5.16 Å². The summed E-state index contributed by atoms with van der Waals surface area (Å²) < 4.78 is 0. The van der Waals surface area contributed by atoms with Gasteiger partial charge in [0.1, 0.15) is 5.84 Å². The molecule has 0 fully saturated rings. The summed E-state index contributed by atoms with van der Waals surface area (Å²) in [6, 6.07) is 0. The molecule has 0 saturated heterocycles. The first-order valence-corrected chi connectivity index (χ1v) is 5.52. The van der Waals surface area contributed by atoms with E-state index < -0.39 is 0 Å². The van der Waals surface area contributed by atoms with E-state index in [2.05, 4.69) is 17.4 Å². The van der Waals surface area contributed by atoms with Gasteiger partial charge in [0.25, 0.3) is 0 Å². The van der Waals surface area contributed by atoms with Crippen LogP contribution < -0.4 is 11.1 Å². The lowest BCUT2D eigenvalue weighted by molar-refractivity contribution is 0.248. The molecular formula is C10H23N3O2. The average molecular weight is 217 g/mol. The Labute approximate surface area is 91.4 Å². The molecule has 0 aliphatic carbocycles. The van der Waals surface area contributed by atoms with Gasteiger partial charge < -0.3 is 21.4 Å². The minimum atomic E-state index is 0.243. The lowest BCUT2D eigenvalue weighted by Gasteiger charge is -2.15. The summed E-state index contributed by atoms with van der Waals surface area (Å²) in [4.78, 5) is 0. The lowest BCUT2D eigenvalue weighted by atomic mass is 10.0. The van der Waals surface area contributed by atoms with E-state index in [9.17, 15) is 0 Å². The highest BCUT2D eigenvalue weighted by Crippen LogP contribution is 2.08. The Morgan fingerprint density at radius 2 is 2.20 bits per heavy atom. The average Bonchev–Trinajstić information content (AvgIpc) is 2.24. The van der Waals surface area contributed by atoms with E-state index >= 15 is 0 Å². The second-order valence-electron chi connectivity index (χ2n) is 3.71. The molecule has 0 bridgehead atoms. The van der Waals surface area contributed by atoms with Gasteiger partial charge in [0.05, 0.1) is 0 Å². The highest BCUT2D eigenvalue weighted by Gasteiger charge is 2.06. The van der Waals surface area contributed by atoms with E-state index in [1.165, 1.54) is 0 Å². The van der Waals surface area contributed by atoms with Gasteiger partial charge in [0, 0.05) is 19.6 Å². The standard InChI is InChI=1S/C10H23N3O2/c1-2-3-9(5-7-14)8-12-6-4-10(11)13-15/h9,12,14-15H,2-8H2,1H3,(H2,11,13). The van der Waals surface area contributed by atoms with Gasteiger partial charge in [-0.25, -0.2) is 0 Å². The van der Waals surface area contributed by atoms with Crippen LogP contribution in [0.1, 0.15) is 32.6 Å². The molecule has 0 rings (SSSR count). The van der Waals surface area contributed by atoms with Gasteiger partial charge in [0.2, 0.25) is 0 Å². The van der Waals surface area contributed by atoms with Crippen molar-refractivity contribution in [2.24, 2.45) is 16.8 Å². The number of aliphatic hydroxyl groups excluding tert-OH is 1. The number of oxime groups is 1. The molecule has 90 valence electrons. The van der Waals surface area contributed by atoms with Gasteiger partial charge in [-0.1, -0.05) is 18.5 Å². The Kier molecular flexibility index (Phi) is 9.21. The van der Waals surface area contributed by atoms with E-state index in [0.717, 1.165) is 25.8 Å². The summed E-state index contributed by atoms with van der Waals surface area (Å²) in [5.74, 6) is 0.768. The molecule has 0 aliphatic rings. The Morgan fingerprint density at radius 3 is 2.73 bits per heavy atom. The normalized spacial score (nSPS) is 14.1. The van der Waals surface area contributed by atoms with E-state index in [-0.39, 0.29) is 12.4 Å².